The monoisotopic (exact) mass is 306 g/mol. The van der Waals surface area contributed by atoms with Crippen molar-refractivity contribution in [2.45, 2.75) is 17.9 Å². The zero-order valence-electron chi connectivity index (χ0n) is 12.1. The van der Waals surface area contributed by atoms with Gasteiger partial charge in [0.25, 0.3) is 0 Å². The quantitative estimate of drug-likeness (QED) is 0.487. The Hall–Kier alpha value is -1.56. The van der Waals surface area contributed by atoms with Crippen LogP contribution in [0.3, 0.4) is 0 Å². The van der Waals surface area contributed by atoms with E-state index in [1.165, 1.54) is 18.1 Å². The Morgan fingerprint density at radius 2 is 1.86 bits per heavy atom. The van der Waals surface area contributed by atoms with Gasteiger partial charge in [0.2, 0.25) is 0 Å². The molecule has 5 heteroatoms. The highest BCUT2D eigenvalue weighted by atomic mass is 32.2. The van der Waals surface area contributed by atoms with Gasteiger partial charge in [0.05, 0.1) is 13.2 Å². The summed E-state index contributed by atoms with van der Waals surface area (Å²) in [4.78, 5) is 1.21. The summed E-state index contributed by atoms with van der Waals surface area (Å²) in [6.07, 6.45) is 0. The van der Waals surface area contributed by atoms with E-state index in [9.17, 15) is 4.39 Å². The van der Waals surface area contributed by atoms with E-state index in [1.54, 1.807) is 23.9 Å². The summed E-state index contributed by atoms with van der Waals surface area (Å²) in [7, 11) is 1.45. The third-order valence-electron chi connectivity index (χ3n) is 3.20. The summed E-state index contributed by atoms with van der Waals surface area (Å²) >= 11 is 1.78. The van der Waals surface area contributed by atoms with E-state index in [-0.39, 0.29) is 11.8 Å². The van der Waals surface area contributed by atoms with E-state index in [4.69, 9.17) is 10.6 Å². The highest BCUT2D eigenvalue weighted by molar-refractivity contribution is 7.99. The summed E-state index contributed by atoms with van der Waals surface area (Å²) in [6.45, 7) is 2.11. The molecule has 1 atom stereocenters. The molecule has 2 aromatic rings. The fourth-order valence-electron chi connectivity index (χ4n) is 2.17. The van der Waals surface area contributed by atoms with Crippen molar-refractivity contribution in [2.75, 3.05) is 12.9 Å². The van der Waals surface area contributed by atoms with Crippen LogP contribution < -0.4 is 16.0 Å². The Bertz CT molecular complexity index is 589. The number of methoxy groups -OCH3 is 1. The normalized spacial score (nSPS) is 12.2. The van der Waals surface area contributed by atoms with Crippen LogP contribution in [0.1, 0.15) is 24.1 Å². The van der Waals surface area contributed by atoms with Crippen LogP contribution in [0.5, 0.6) is 5.75 Å². The van der Waals surface area contributed by atoms with E-state index >= 15 is 0 Å². The van der Waals surface area contributed by atoms with Crippen molar-refractivity contribution in [3.05, 3.63) is 59.4 Å². The lowest BCUT2D eigenvalue weighted by molar-refractivity contribution is 0.385. The fourth-order valence-corrected chi connectivity index (χ4v) is 2.83. The minimum Gasteiger partial charge on any atom is -0.494 e. The third-order valence-corrected chi connectivity index (χ3v) is 4.09. The van der Waals surface area contributed by atoms with E-state index in [1.807, 2.05) is 24.3 Å². The van der Waals surface area contributed by atoms with Crippen LogP contribution in [-0.2, 0) is 0 Å². The van der Waals surface area contributed by atoms with Crippen LogP contribution in [0.25, 0.3) is 0 Å². The molecule has 2 aromatic carbocycles. The molecule has 0 aliphatic rings. The van der Waals surface area contributed by atoms with E-state index in [2.05, 4.69) is 12.3 Å². The lowest BCUT2D eigenvalue weighted by atomic mass is 9.99. The molecule has 0 saturated heterocycles. The van der Waals surface area contributed by atoms with Crippen LogP contribution in [0, 0.1) is 5.82 Å². The maximum absolute atomic E-state index is 13.8. The van der Waals surface area contributed by atoms with Gasteiger partial charge in [-0.2, -0.15) is 0 Å². The molecule has 0 fully saturated rings. The predicted octanol–water partition coefficient (Wildman–Crippen LogP) is 3.50. The van der Waals surface area contributed by atoms with Crippen LogP contribution in [0.2, 0.25) is 0 Å². The maximum Gasteiger partial charge on any atom is 0.165 e. The molecule has 0 aromatic heterocycles. The summed E-state index contributed by atoms with van der Waals surface area (Å²) in [5.74, 6) is 6.51. The Balaban J connectivity index is 2.28. The Morgan fingerprint density at radius 3 is 2.38 bits per heavy atom. The van der Waals surface area contributed by atoms with Gasteiger partial charge < -0.3 is 4.74 Å². The minimum atomic E-state index is -0.395. The Morgan fingerprint density at radius 1 is 1.19 bits per heavy atom. The highest BCUT2D eigenvalue weighted by Gasteiger charge is 2.14. The molecule has 0 amide bonds. The lowest BCUT2D eigenvalue weighted by Crippen LogP contribution is -2.28. The van der Waals surface area contributed by atoms with Crippen LogP contribution in [0.4, 0.5) is 4.39 Å². The third kappa shape index (κ3) is 3.75. The summed E-state index contributed by atoms with van der Waals surface area (Å²) < 4.78 is 18.8. The average Bonchev–Trinajstić information content (AvgIpc) is 2.50. The van der Waals surface area contributed by atoms with Crippen molar-refractivity contribution >= 4 is 11.8 Å². The molecule has 0 bridgehead atoms. The van der Waals surface area contributed by atoms with Crippen molar-refractivity contribution in [1.29, 1.82) is 0 Å². The molecule has 0 spiro atoms. The van der Waals surface area contributed by atoms with Crippen LogP contribution in [0.15, 0.2) is 47.4 Å². The zero-order chi connectivity index (χ0) is 15.2. The number of rotatable bonds is 6. The van der Waals surface area contributed by atoms with E-state index in [0.29, 0.717) is 0 Å². The molecule has 0 aliphatic heterocycles. The maximum atomic E-state index is 13.8. The van der Waals surface area contributed by atoms with E-state index in [0.717, 1.165) is 16.9 Å². The predicted molar refractivity (Wildman–Crippen MR) is 85.0 cm³/mol. The molecule has 3 nitrogen and oxygen atoms in total. The molecule has 1 unspecified atom stereocenters. The number of hydrogen-bond acceptors (Lipinski definition) is 4. The van der Waals surface area contributed by atoms with Gasteiger partial charge in [-0.1, -0.05) is 25.1 Å². The van der Waals surface area contributed by atoms with Crippen molar-refractivity contribution in [3.63, 3.8) is 0 Å². The van der Waals surface area contributed by atoms with Gasteiger partial charge in [-0.05, 0) is 41.1 Å². The van der Waals surface area contributed by atoms with Crippen molar-refractivity contribution in [1.82, 2.24) is 5.43 Å². The van der Waals surface area contributed by atoms with Gasteiger partial charge in [0, 0.05) is 4.90 Å². The molecular weight excluding hydrogens is 287 g/mol. The minimum absolute atomic E-state index is 0.226. The number of thioether (sulfide) groups is 1. The number of nitrogens with two attached hydrogens (primary N) is 1. The molecule has 2 rings (SSSR count). The van der Waals surface area contributed by atoms with Gasteiger partial charge in [0.1, 0.15) is 0 Å². The second-order valence-electron chi connectivity index (χ2n) is 4.50. The number of hydrazine groups is 1. The number of benzene rings is 2. The second-order valence-corrected chi connectivity index (χ2v) is 5.83. The molecule has 0 heterocycles. The largest absolute Gasteiger partial charge is 0.494 e. The molecular formula is C16H19FN2OS. The number of hydrogen-bond donors (Lipinski definition) is 2. The number of halogens is 1. The zero-order valence-corrected chi connectivity index (χ0v) is 12.9. The van der Waals surface area contributed by atoms with Crippen LogP contribution >= 0.6 is 11.8 Å². The highest BCUT2D eigenvalue weighted by Crippen LogP contribution is 2.27. The standard InChI is InChI=1S/C16H19FN2OS/c1-3-21-13-7-4-11(5-8-13)16(19-18)12-6-9-15(20-2)14(17)10-12/h4-10,16,19H,3,18H2,1-2H3. The van der Waals surface area contributed by atoms with Crippen LogP contribution in [-0.4, -0.2) is 12.9 Å². The molecule has 21 heavy (non-hydrogen) atoms. The summed E-state index contributed by atoms with van der Waals surface area (Å²) in [5, 5.41) is 0. The second kappa shape index (κ2) is 7.45. The number of nitrogens with one attached hydrogen (secondary N) is 1. The first-order valence-corrected chi connectivity index (χ1v) is 7.70. The van der Waals surface area contributed by atoms with Gasteiger partial charge in [0.15, 0.2) is 11.6 Å². The molecule has 0 aliphatic carbocycles. The first-order valence-electron chi connectivity index (χ1n) is 6.72. The Kier molecular flexibility index (Phi) is 5.61. The SMILES string of the molecule is CCSc1ccc(C(NN)c2ccc(OC)c(F)c2)cc1. The topological polar surface area (TPSA) is 47.3 Å². The van der Waals surface area contributed by atoms with Gasteiger partial charge in [-0.3, -0.25) is 5.84 Å². The van der Waals surface area contributed by atoms with Crippen molar-refractivity contribution in [2.24, 2.45) is 5.84 Å². The average molecular weight is 306 g/mol. The number of ether oxygens (including phenoxy) is 1. The summed E-state index contributed by atoms with van der Waals surface area (Å²) in [6, 6.07) is 12.7. The molecule has 0 saturated carbocycles. The smallest absolute Gasteiger partial charge is 0.165 e. The van der Waals surface area contributed by atoms with Crippen molar-refractivity contribution < 1.29 is 9.13 Å². The lowest BCUT2D eigenvalue weighted by Gasteiger charge is -2.18. The Labute approximate surface area is 128 Å². The van der Waals surface area contributed by atoms with E-state index < -0.39 is 5.82 Å². The van der Waals surface area contributed by atoms with Crippen molar-refractivity contribution in [3.8, 4) is 5.75 Å². The van der Waals surface area contributed by atoms with Gasteiger partial charge >= 0.3 is 0 Å². The molecule has 3 N–H and O–H groups in total. The van der Waals surface area contributed by atoms with Gasteiger partial charge in [-0.15, -0.1) is 11.8 Å². The summed E-state index contributed by atoms with van der Waals surface area (Å²) in [5.41, 5.74) is 4.48. The molecule has 112 valence electrons. The fraction of sp³-hybridized carbons (Fsp3) is 0.250. The molecule has 0 radical (unpaired) electrons. The first kappa shape index (κ1) is 15.8. The first-order chi connectivity index (χ1) is 10.2. The van der Waals surface area contributed by atoms with Gasteiger partial charge in [-0.25, -0.2) is 9.82 Å².